The van der Waals surface area contributed by atoms with Gasteiger partial charge in [0.05, 0.1) is 11.9 Å². The number of carbonyl (C=O) groups is 1. The number of carbonyl (C=O) groups excluding carboxylic acids is 1. The van der Waals surface area contributed by atoms with Crippen LogP contribution in [0, 0.1) is 0 Å². The van der Waals surface area contributed by atoms with E-state index in [1.807, 2.05) is 24.3 Å². The summed E-state index contributed by atoms with van der Waals surface area (Å²) in [7, 11) is 0. The fourth-order valence-corrected chi connectivity index (χ4v) is 2.40. The Kier molecular flexibility index (Phi) is 5.26. The molecule has 1 amide bonds. The molecule has 25 heavy (non-hydrogen) atoms. The minimum absolute atomic E-state index is 0.350. The molecule has 0 unspecified atom stereocenters. The van der Waals surface area contributed by atoms with E-state index in [1.54, 1.807) is 24.4 Å². The Morgan fingerprint density at radius 3 is 2.60 bits per heavy atom. The molecule has 0 radical (unpaired) electrons. The van der Waals surface area contributed by atoms with Crippen molar-refractivity contribution >= 4 is 23.7 Å². The van der Waals surface area contributed by atoms with Crippen LogP contribution in [-0.4, -0.2) is 22.3 Å². The zero-order chi connectivity index (χ0) is 17.6. The maximum atomic E-state index is 12.1. The van der Waals surface area contributed by atoms with Crippen molar-refractivity contribution in [2.75, 3.05) is 0 Å². The van der Waals surface area contributed by atoms with Gasteiger partial charge in [0.1, 0.15) is 5.69 Å². The quantitative estimate of drug-likeness (QED) is 0.537. The highest BCUT2D eigenvalue weighted by molar-refractivity contribution is 6.30. The highest BCUT2D eigenvalue weighted by Gasteiger charge is 2.10. The summed E-state index contributed by atoms with van der Waals surface area (Å²) >= 11 is 5.82. The molecule has 3 rings (SSSR count). The highest BCUT2D eigenvalue weighted by atomic mass is 35.5. The first-order valence-corrected chi connectivity index (χ1v) is 8.27. The van der Waals surface area contributed by atoms with Crippen molar-refractivity contribution in [3.8, 4) is 11.3 Å². The summed E-state index contributed by atoms with van der Waals surface area (Å²) in [6, 6.07) is 16.9. The predicted octanol–water partition coefficient (Wildman–Crippen LogP) is 4.06. The Bertz CT molecular complexity index is 883. The Morgan fingerprint density at radius 1 is 1.20 bits per heavy atom. The summed E-state index contributed by atoms with van der Waals surface area (Å²) in [6.07, 6.45) is 2.54. The summed E-state index contributed by atoms with van der Waals surface area (Å²) in [4.78, 5) is 12.1. The van der Waals surface area contributed by atoms with Crippen LogP contribution in [0.3, 0.4) is 0 Å². The lowest BCUT2D eigenvalue weighted by Crippen LogP contribution is -2.17. The second-order valence-corrected chi connectivity index (χ2v) is 5.90. The molecule has 0 spiro atoms. The topological polar surface area (TPSA) is 70.1 Å². The molecule has 0 fully saturated rings. The molecule has 2 aromatic carbocycles. The summed E-state index contributed by atoms with van der Waals surface area (Å²) in [5.41, 5.74) is 6.59. The summed E-state index contributed by atoms with van der Waals surface area (Å²) < 4.78 is 0. The number of hydrogen-bond acceptors (Lipinski definition) is 3. The number of H-pyrrole nitrogens is 1. The third-order valence-corrected chi connectivity index (χ3v) is 3.98. The lowest BCUT2D eigenvalue weighted by molar-refractivity contribution is 0.0950. The standard InChI is InChI=1S/C19H17ClN4O/c1-2-13-3-7-15(8-4-13)17-11-18(23-22-17)19(25)24-21-12-14-5-9-16(20)10-6-14/h3-12H,2H2,1H3,(H,22,23)(H,24,25)/b21-12-. The van der Waals surface area contributed by atoms with Gasteiger partial charge < -0.3 is 0 Å². The number of aromatic amines is 1. The number of hydrazone groups is 1. The minimum Gasteiger partial charge on any atom is -0.272 e. The van der Waals surface area contributed by atoms with E-state index in [-0.39, 0.29) is 5.91 Å². The molecule has 0 aliphatic carbocycles. The van der Waals surface area contributed by atoms with Crippen LogP contribution in [0.25, 0.3) is 11.3 Å². The number of rotatable bonds is 5. The number of halogens is 1. The minimum atomic E-state index is -0.353. The van der Waals surface area contributed by atoms with E-state index in [1.165, 1.54) is 5.56 Å². The monoisotopic (exact) mass is 352 g/mol. The van der Waals surface area contributed by atoms with Crippen LogP contribution in [0.15, 0.2) is 59.7 Å². The van der Waals surface area contributed by atoms with Gasteiger partial charge in [-0.1, -0.05) is 54.9 Å². The molecule has 5 nitrogen and oxygen atoms in total. The van der Waals surface area contributed by atoms with Gasteiger partial charge in [0.2, 0.25) is 0 Å². The van der Waals surface area contributed by atoms with Gasteiger partial charge in [0.25, 0.3) is 5.91 Å². The summed E-state index contributed by atoms with van der Waals surface area (Å²) in [6.45, 7) is 2.11. The van der Waals surface area contributed by atoms with Crippen molar-refractivity contribution in [3.05, 3.63) is 76.4 Å². The first-order valence-electron chi connectivity index (χ1n) is 7.89. The molecule has 1 heterocycles. The molecule has 0 saturated carbocycles. The van der Waals surface area contributed by atoms with Gasteiger partial charge in [-0.05, 0) is 35.7 Å². The van der Waals surface area contributed by atoms with Gasteiger partial charge in [0.15, 0.2) is 0 Å². The molecule has 126 valence electrons. The average Bonchev–Trinajstić information content (AvgIpc) is 3.13. The van der Waals surface area contributed by atoms with Crippen LogP contribution >= 0.6 is 11.6 Å². The van der Waals surface area contributed by atoms with E-state index < -0.39 is 0 Å². The number of aromatic nitrogens is 2. The first kappa shape index (κ1) is 16.9. The van der Waals surface area contributed by atoms with E-state index in [0.29, 0.717) is 10.7 Å². The Hall–Kier alpha value is -2.92. The van der Waals surface area contributed by atoms with Crippen LogP contribution in [0.2, 0.25) is 5.02 Å². The average molecular weight is 353 g/mol. The third kappa shape index (κ3) is 4.33. The second kappa shape index (κ2) is 7.77. The maximum absolute atomic E-state index is 12.1. The van der Waals surface area contributed by atoms with Crippen molar-refractivity contribution in [2.24, 2.45) is 5.10 Å². The van der Waals surface area contributed by atoms with Crippen molar-refractivity contribution in [3.63, 3.8) is 0 Å². The van der Waals surface area contributed by atoms with Crippen LogP contribution in [0.1, 0.15) is 28.5 Å². The molecule has 0 atom stereocenters. The smallest absolute Gasteiger partial charge is 0.272 e. The predicted molar refractivity (Wildman–Crippen MR) is 99.9 cm³/mol. The van der Waals surface area contributed by atoms with Crippen LogP contribution in [-0.2, 0) is 6.42 Å². The number of aryl methyl sites for hydroxylation is 1. The molecule has 0 aliphatic rings. The van der Waals surface area contributed by atoms with Crippen LogP contribution < -0.4 is 5.43 Å². The largest absolute Gasteiger partial charge is 0.289 e. The maximum Gasteiger partial charge on any atom is 0.289 e. The lowest BCUT2D eigenvalue weighted by Gasteiger charge is -1.98. The molecule has 6 heteroatoms. The van der Waals surface area contributed by atoms with Crippen LogP contribution in [0.4, 0.5) is 0 Å². The molecular weight excluding hydrogens is 336 g/mol. The zero-order valence-electron chi connectivity index (χ0n) is 13.7. The van der Waals surface area contributed by atoms with Crippen molar-refractivity contribution in [1.29, 1.82) is 0 Å². The molecule has 0 saturated heterocycles. The van der Waals surface area contributed by atoms with Crippen molar-refractivity contribution in [2.45, 2.75) is 13.3 Å². The number of amides is 1. The van der Waals surface area contributed by atoms with E-state index in [2.05, 4.69) is 39.8 Å². The Labute approximate surface area is 150 Å². The highest BCUT2D eigenvalue weighted by Crippen LogP contribution is 2.18. The summed E-state index contributed by atoms with van der Waals surface area (Å²) in [5.74, 6) is -0.353. The molecule has 0 bridgehead atoms. The van der Waals surface area contributed by atoms with E-state index in [9.17, 15) is 4.79 Å². The van der Waals surface area contributed by atoms with Crippen LogP contribution in [0.5, 0.6) is 0 Å². The molecule has 3 aromatic rings. The van der Waals surface area contributed by atoms with Crippen molar-refractivity contribution < 1.29 is 4.79 Å². The number of nitrogens with zero attached hydrogens (tertiary/aromatic N) is 2. The molecular formula is C19H17ClN4O. The van der Waals surface area contributed by atoms with E-state index in [4.69, 9.17) is 11.6 Å². The molecule has 1 aromatic heterocycles. The molecule has 0 aliphatic heterocycles. The first-order chi connectivity index (χ1) is 12.2. The Balaban J connectivity index is 1.64. The fraction of sp³-hybridized carbons (Fsp3) is 0.105. The summed E-state index contributed by atoms with van der Waals surface area (Å²) in [5, 5.41) is 11.5. The third-order valence-electron chi connectivity index (χ3n) is 3.73. The van der Waals surface area contributed by atoms with Gasteiger partial charge in [-0.15, -0.1) is 0 Å². The van der Waals surface area contributed by atoms with Gasteiger partial charge in [-0.25, -0.2) is 5.43 Å². The van der Waals surface area contributed by atoms with E-state index in [0.717, 1.165) is 23.2 Å². The normalized spacial score (nSPS) is 11.0. The van der Waals surface area contributed by atoms with Crippen molar-refractivity contribution in [1.82, 2.24) is 15.6 Å². The van der Waals surface area contributed by atoms with Gasteiger partial charge in [-0.2, -0.15) is 10.2 Å². The lowest BCUT2D eigenvalue weighted by atomic mass is 10.1. The number of hydrogen-bond donors (Lipinski definition) is 2. The number of nitrogens with one attached hydrogen (secondary N) is 2. The zero-order valence-corrected chi connectivity index (χ0v) is 14.4. The van der Waals surface area contributed by atoms with E-state index >= 15 is 0 Å². The SMILES string of the molecule is CCc1ccc(-c2cc(C(=O)N/N=C\c3ccc(Cl)cc3)[nH]n2)cc1. The van der Waals surface area contributed by atoms with Gasteiger partial charge in [0, 0.05) is 10.6 Å². The second-order valence-electron chi connectivity index (χ2n) is 5.47. The van der Waals surface area contributed by atoms with Gasteiger partial charge >= 0.3 is 0 Å². The Morgan fingerprint density at radius 2 is 1.92 bits per heavy atom. The van der Waals surface area contributed by atoms with Gasteiger partial charge in [-0.3, -0.25) is 9.89 Å². The number of benzene rings is 2. The fourth-order valence-electron chi connectivity index (χ4n) is 2.27. The molecule has 2 N–H and O–H groups in total.